The highest BCUT2D eigenvalue weighted by Gasteiger charge is 2.19. The minimum absolute atomic E-state index is 0.0556. The summed E-state index contributed by atoms with van der Waals surface area (Å²) in [5, 5.41) is 10.5. The van der Waals surface area contributed by atoms with Crippen LogP contribution in [0.5, 0.6) is 0 Å². The van der Waals surface area contributed by atoms with Crippen molar-refractivity contribution in [1.29, 1.82) is 5.26 Å². The maximum absolute atomic E-state index is 12.2. The molecular formula is C16H25N5O2. The normalized spacial score (nSPS) is 11.9. The molecule has 1 atom stereocenters. The maximum atomic E-state index is 12.2. The summed E-state index contributed by atoms with van der Waals surface area (Å²) in [6.07, 6.45) is 1.57. The molecule has 0 spiro atoms. The van der Waals surface area contributed by atoms with Gasteiger partial charge in [-0.3, -0.25) is 5.01 Å². The third kappa shape index (κ3) is 6.10. The van der Waals surface area contributed by atoms with Crippen LogP contribution in [0.3, 0.4) is 0 Å². The highest BCUT2D eigenvalue weighted by molar-refractivity contribution is 5.69. The van der Waals surface area contributed by atoms with Crippen LogP contribution >= 0.6 is 0 Å². The Balaban J connectivity index is 2.86. The number of nitriles is 1. The molecule has 0 saturated carbocycles. The fourth-order valence-corrected chi connectivity index (χ4v) is 2.08. The fourth-order valence-electron chi connectivity index (χ4n) is 2.08. The number of hydrogen-bond donors (Lipinski definition) is 1. The fraction of sp³-hybridized carbons (Fsp3) is 0.625. The van der Waals surface area contributed by atoms with Crippen molar-refractivity contribution in [3.63, 3.8) is 0 Å². The van der Waals surface area contributed by atoms with E-state index in [9.17, 15) is 4.79 Å². The summed E-state index contributed by atoms with van der Waals surface area (Å²) >= 11 is 0. The summed E-state index contributed by atoms with van der Waals surface area (Å²) in [4.78, 5) is 20.1. The van der Waals surface area contributed by atoms with Gasteiger partial charge in [0.1, 0.15) is 12.2 Å². The molecule has 126 valence electrons. The van der Waals surface area contributed by atoms with Crippen LogP contribution in [0, 0.1) is 23.2 Å². The van der Waals surface area contributed by atoms with Crippen LogP contribution in [0.2, 0.25) is 0 Å². The average Bonchev–Trinajstić information content (AvgIpc) is 2.51. The molecule has 1 rings (SSSR count). The zero-order valence-corrected chi connectivity index (χ0v) is 14.4. The smallest absolute Gasteiger partial charge is 0.426 e. The number of rotatable bonds is 7. The molecule has 0 aromatic carbocycles. The Morgan fingerprint density at radius 2 is 2.13 bits per heavy atom. The highest BCUT2D eigenvalue weighted by Crippen LogP contribution is 2.13. The van der Waals surface area contributed by atoms with Crippen molar-refractivity contribution in [1.82, 2.24) is 15.4 Å². The van der Waals surface area contributed by atoms with Crippen LogP contribution in [0.4, 0.5) is 10.6 Å². The van der Waals surface area contributed by atoms with Gasteiger partial charge >= 0.3 is 6.09 Å². The number of anilines is 1. The molecule has 0 aliphatic heterocycles. The lowest BCUT2D eigenvalue weighted by atomic mass is 10.1. The van der Waals surface area contributed by atoms with E-state index in [0.29, 0.717) is 12.4 Å². The minimum Gasteiger partial charge on any atom is -0.445 e. The number of hydrazine groups is 1. The molecule has 1 amide bonds. The van der Waals surface area contributed by atoms with Crippen LogP contribution in [-0.2, 0) is 4.74 Å². The lowest BCUT2D eigenvalue weighted by Gasteiger charge is -2.27. The number of nitrogens with one attached hydrogen (secondary N) is 1. The Labute approximate surface area is 137 Å². The first-order chi connectivity index (χ1) is 10.9. The molecule has 0 bridgehead atoms. The second-order valence-electron chi connectivity index (χ2n) is 6.06. The standard InChI is InChI=1S/C16H25N5O2/c1-6-13(12(4)5)23-16(22)20-21(10-11(2)3)15-7-8-18-14(9-17)19-15/h7-8,11-13H,6,10H2,1-5H3,(H,20,22). The van der Waals surface area contributed by atoms with Gasteiger partial charge in [0.05, 0.1) is 0 Å². The van der Waals surface area contributed by atoms with Gasteiger partial charge < -0.3 is 4.74 Å². The van der Waals surface area contributed by atoms with Crippen molar-refractivity contribution in [3.8, 4) is 6.07 Å². The number of nitrogens with zero attached hydrogens (tertiary/aromatic N) is 4. The van der Waals surface area contributed by atoms with Crippen LogP contribution in [0.15, 0.2) is 12.3 Å². The van der Waals surface area contributed by atoms with Crippen LogP contribution in [-0.4, -0.2) is 28.7 Å². The van der Waals surface area contributed by atoms with Crippen molar-refractivity contribution in [3.05, 3.63) is 18.1 Å². The molecule has 1 heterocycles. The van der Waals surface area contributed by atoms with Gasteiger partial charge in [0.25, 0.3) is 0 Å². The summed E-state index contributed by atoms with van der Waals surface area (Å²) in [5.74, 6) is 1.04. The number of carbonyl (C=O) groups is 1. The molecule has 1 N–H and O–H groups in total. The Bertz CT molecular complexity index is 554. The summed E-state index contributed by atoms with van der Waals surface area (Å²) in [6.45, 7) is 10.6. The molecule has 0 aliphatic carbocycles. The topological polar surface area (TPSA) is 91.1 Å². The van der Waals surface area contributed by atoms with E-state index in [-0.39, 0.29) is 23.8 Å². The maximum Gasteiger partial charge on any atom is 0.426 e. The molecule has 23 heavy (non-hydrogen) atoms. The van der Waals surface area contributed by atoms with Gasteiger partial charge in [-0.2, -0.15) is 10.2 Å². The van der Waals surface area contributed by atoms with Gasteiger partial charge in [0.15, 0.2) is 5.82 Å². The largest absolute Gasteiger partial charge is 0.445 e. The monoisotopic (exact) mass is 319 g/mol. The van der Waals surface area contributed by atoms with Crippen molar-refractivity contribution < 1.29 is 9.53 Å². The minimum atomic E-state index is -0.525. The van der Waals surface area contributed by atoms with E-state index in [0.717, 1.165) is 6.42 Å². The molecule has 1 aromatic rings. The summed E-state index contributed by atoms with van der Waals surface area (Å²) in [6, 6.07) is 3.53. The molecule has 1 unspecified atom stereocenters. The van der Waals surface area contributed by atoms with E-state index in [1.807, 2.05) is 40.7 Å². The van der Waals surface area contributed by atoms with Crippen molar-refractivity contribution in [2.75, 3.05) is 11.6 Å². The zero-order chi connectivity index (χ0) is 17.4. The predicted octanol–water partition coefficient (Wildman–Crippen LogP) is 2.89. The molecule has 0 aliphatic rings. The Morgan fingerprint density at radius 1 is 1.43 bits per heavy atom. The SMILES string of the molecule is CCC(OC(=O)NN(CC(C)C)c1ccnc(C#N)n1)C(C)C. The number of amides is 1. The first-order valence-electron chi connectivity index (χ1n) is 7.85. The molecule has 1 aromatic heterocycles. The lowest BCUT2D eigenvalue weighted by molar-refractivity contribution is 0.0679. The van der Waals surface area contributed by atoms with Gasteiger partial charge in [0.2, 0.25) is 5.82 Å². The third-order valence-electron chi connectivity index (χ3n) is 3.20. The van der Waals surface area contributed by atoms with E-state index in [4.69, 9.17) is 10.00 Å². The van der Waals surface area contributed by atoms with E-state index in [2.05, 4.69) is 15.4 Å². The Kier molecular flexibility index (Phi) is 7.26. The lowest BCUT2D eigenvalue weighted by Crippen LogP contribution is -2.46. The summed E-state index contributed by atoms with van der Waals surface area (Å²) in [5.41, 5.74) is 2.71. The first-order valence-corrected chi connectivity index (χ1v) is 7.85. The zero-order valence-electron chi connectivity index (χ0n) is 14.4. The number of carbonyl (C=O) groups excluding carboxylic acids is 1. The number of aromatic nitrogens is 2. The summed E-state index contributed by atoms with van der Waals surface area (Å²) in [7, 11) is 0. The molecular weight excluding hydrogens is 294 g/mol. The van der Waals surface area contributed by atoms with Crippen molar-refractivity contribution in [2.24, 2.45) is 11.8 Å². The first kappa shape index (κ1) is 18.7. The second-order valence-corrected chi connectivity index (χ2v) is 6.06. The van der Waals surface area contributed by atoms with Crippen LogP contribution in [0.1, 0.15) is 46.9 Å². The van der Waals surface area contributed by atoms with Crippen LogP contribution in [0.25, 0.3) is 0 Å². The number of ether oxygens (including phenoxy) is 1. The van der Waals surface area contributed by atoms with Gasteiger partial charge in [0, 0.05) is 18.8 Å². The third-order valence-corrected chi connectivity index (χ3v) is 3.20. The molecule has 0 saturated heterocycles. The highest BCUT2D eigenvalue weighted by atomic mass is 16.6. The van der Waals surface area contributed by atoms with Gasteiger partial charge in [-0.1, -0.05) is 34.6 Å². The van der Waals surface area contributed by atoms with E-state index in [1.54, 1.807) is 11.1 Å². The van der Waals surface area contributed by atoms with Gasteiger partial charge in [-0.25, -0.2) is 15.2 Å². The van der Waals surface area contributed by atoms with Crippen molar-refractivity contribution in [2.45, 2.75) is 47.1 Å². The van der Waals surface area contributed by atoms with Gasteiger partial charge in [-0.05, 0) is 18.3 Å². The number of hydrogen-bond acceptors (Lipinski definition) is 6. The van der Waals surface area contributed by atoms with Crippen LogP contribution < -0.4 is 10.4 Å². The Hall–Kier alpha value is -2.36. The average molecular weight is 319 g/mol. The van der Waals surface area contributed by atoms with Crippen molar-refractivity contribution >= 4 is 11.9 Å². The van der Waals surface area contributed by atoms with Gasteiger partial charge in [-0.15, -0.1) is 0 Å². The van der Waals surface area contributed by atoms with E-state index >= 15 is 0 Å². The molecule has 0 fully saturated rings. The quantitative estimate of drug-likeness (QED) is 0.777. The molecule has 7 nitrogen and oxygen atoms in total. The van der Waals surface area contributed by atoms with E-state index < -0.39 is 6.09 Å². The molecule has 0 radical (unpaired) electrons. The molecule has 7 heteroatoms. The second kappa shape index (κ2) is 8.93. The summed E-state index contributed by atoms with van der Waals surface area (Å²) < 4.78 is 5.45. The Morgan fingerprint density at radius 3 is 2.65 bits per heavy atom. The van der Waals surface area contributed by atoms with E-state index in [1.165, 1.54) is 6.20 Å². The predicted molar refractivity (Wildman–Crippen MR) is 87.5 cm³/mol.